The molecule has 0 fully saturated rings. The molecule has 2 N–H and O–H groups in total. The van der Waals surface area contributed by atoms with Crippen LogP contribution in [0.2, 0.25) is 0 Å². The first-order chi connectivity index (χ1) is 11.3. The number of aromatic nitrogens is 6. The number of fused-ring (bicyclic) bond motifs is 1. The maximum Gasteiger partial charge on any atom is 0.227 e. The topological polar surface area (TPSA) is 101 Å². The van der Waals surface area contributed by atoms with Crippen LogP contribution >= 0.6 is 0 Å². The van der Waals surface area contributed by atoms with Gasteiger partial charge in [0.05, 0.1) is 17.7 Å². The average molecular weight is 309 g/mol. The van der Waals surface area contributed by atoms with Crippen LogP contribution in [-0.4, -0.2) is 36.1 Å². The number of aryl methyl sites for hydroxylation is 1. The number of amides is 1. The zero-order valence-corrected chi connectivity index (χ0v) is 12.3. The number of nitrogens with zero attached hydrogens (tertiary/aromatic N) is 5. The second-order valence-electron chi connectivity index (χ2n) is 5.56. The molecule has 2 heterocycles. The number of hydrogen-bond donors (Lipinski definition) is 2. The van der Waals surface area contributed by atoms with Gasteiger partial charge in [0.25, 0.3) is 0 Å². The minimum Gasteiger partial charge on any atom is -0.348 e. The van der Waals surface area contributed by atoms with Crippen molar-refractivity contribution in [3.63, 3.8) is 0 Å². The van der Waals surface area contributed by atoms with Crippen molar-refractivity contribution in [2.24, 2.45) is 5.92 Å². The van der Waals surface area contributed by atoms with Gasteiger partial charge in [-0.1, -0.05) is 0 Å². The molecule has 0 spiro atoms. The van der Waals surface area contributed by atoms with E-state index in [1.807, 2.05) is 24.3 Å². The van der Waals surface area contributed by atoms with E-state index in [0.29, 0.717) is 6.42 Å². The van der Waals surface area contributed by atoms with E-state index in [-0.39, 0.29) is 11.8 Å². The summed E-state index contributed by atoms with van der Waals surface area (Å²) in [5, 5.41) is 14.0. The van der Waals surface area contributed by atoms with Crippen LogP contribution in [0.15, 0.2) is 36.9 Å². The maximum atomic E-state index is 12.4. The van der Waals surface area contributed by atoms with Crippen LogP contribution in [0, 0.1) is 5.92 Å². The normalized spacial score (nSPS) is 16.8. The molecule has 1 atom stereocenters. The predicted molar refractivity (Wildman–Crippen MR) is 81.9 cm³/mol. The number of carbonyl (C=O) groups excluding carboxylic acids is 1. The zero-order chi connectivity index (χ0) is 15.6. The fraction of sp³-hybridized carbons (Fsp3) is 0.267. The van der Waals surface area contributed by atoms with Gasteiger partial charge in [0.2, 0.25) is 5.91 Å². The standard InChI is InChI=1S/C15H15N7O/c23-15(10-1-6-13-14(7-10)17-8-16-13)19-11-2-4-12(5-3-11)22-9-18-20-21-22/h2-5,8-10H,1,6-7H2,(H,16,17)(H,19,23). The molecule has 8 nitrogen and oxygen atoms in total. The summed E-state index contributed by atoms with van der Waals surface area (Å²) < 4.78 is 1.56. The predicted octanol–water partition coefficient (Wildman–Crippen LogP) is 1.13. The van der Waals surface area contributed by atoms with E-state index in [9.17, 15) is 4.79 Å². The number of carbonyl (C=O) groups is 1. The van der Waals surface area contributed by atoms with Crippen LogP contribution in [0.5, 0.6) is 0 Å². The van der Waals surface area contributed by atoms with Gasteiger partial charge in [0.15, 0.2) is 0 Å². The number of nitrogens with one attached hydrogen (secondary N) is 2. The lowest BCUT2D eigenvalue weighted by molar-refractivity contribution is -0.120. The number of benzene rings is 1. The smallest absolute Gasteiger partial charge is 0.227 e. The summed E-state index contributed by atoms with van der Waals surface area (Å²) in [6.07, 6.45) is 5.60. The van der Waals surface area contributed by atoms with Gasteiger partial charge in [0, 0.05) is 23.7 Å². The third-order valence-electron chi connectivity index (χ3n) is 4.11. The van der Waals surface area contributed by atoms with E-state index in [1.54, 1.807) is 11.0 Å². The van der Waals surface area contributed by atoms with Gasteiger partial charge in [-0.05, 0) is 47.5 Å². The Kier molecular flexibility index (Phi) is 3.34. The van der Waals surface area contributed by atoms with Crippen molar-refractivity contribution in [3.8, 4) is 5.69 Å². The molecule has 3 aromatic rings. The van der Waals surface area contributed by atoms with Crippen LogP contribution < -0.4 is 5.32 Å². The highest BCUT2D eigenvalue weighted by atomic mass is 16.1. The van der Waals surface area contributed by atoms with Crippen LogP contribution in [0.4, 0.5) is 5.69 Å². The lowest BCUT2D eigenvalue weighted by Crippen LogP contribution is -2.28. The van der Waals surface area contributed by atoms with Crippen molar-refractivity contribution in [2.75, 3.05) is 5.32 Å². The summed E-state index contributed by atoms with van der Waals surface area (Å²) in [6, 6.07) is 7.42. The van der Waals surface area contributed by atoms with E-state index in [4.69, 9.17) is 0 Å². The quantitative estimate of drug-likeness (QED) is 0.755. The molecule has 0 radical (unpaired) electrons. The van der Waals surface area contributed by atoms with Crippen molar-refractivity contribution >= 4 is 11.6 Å². The first kappa shape index (κ1) is 13.6. The Morgan fingerprint density at radius 2 is 2.17 bits per heavy atom. The molecule has 0 bridgehead atoms. The van der Waals surface area contributed by atoms with Gasteiger partial charge in [0.1, 0.15) is 6.33 Å². The minimum absolute atomic E-state index is 0.0258. The molecule has 0 aliphatic heterocycles. The van der Waals surface area contributed by atoms with Gasteiger partial charge in [-0.25, -0.2) is 9.67 Å². The monoisotopic (exact) mass is 309 g/mol. The number of tetrazole rings is 1. The molecule has 4 rings (SSSR count). The van der Waals surface area contributed by atoms with Crippen LogP contribution in [0.1, 0.15) is 17.8 Å². The van der Waals surface area contributed by atoms with E-state index < -0.39 is 0 Å². The van der Waals surface area contributed by atoms with Crippen molar-refractivity contribution in [2.45, 2.75) is 19.3 Å². The van der Waals surface area contributed by atoms with E-state index in [0.717, 1.165) is 35.6 Å². The fourth-order valence-corrected chi connectivity index (χ4v) is 2.85. The van der Waals surface area contributed by atoms with Gasteiger partial charge in [-0.2, -0.15) is 0 Å². The second kappa shape index (κ2) is 5.64. The van der Waals surface area contributed by atoms with Crippen LogP contribution in [0.25, 0.3) is 5.69 Å². The average Bonchev–Trinajstić information content (AvgIpc) is 3.26. The highest BCUT2D eigenvalue weighted by Gasteiger charge is 2.26. The van der Waals surface area contributed by atoms with E-state index in [1.165, 1.54) is 6.33 Å². The molecule has 116 valence electrons. The molecule has 1 aliphatic carbocycles. The molecular formula is C15H15N7O. The zero-order valence-electron chi connectivity index (χ0n) is 12.3. The van der Waals surface area contributed by atoms with Crippen LogP contribution in [0.3, 0.4) is 0 Å². The highest BCUT2D eigenvalue weighted by Crippen LogP contribution is 2.24. The number of rotatable bonds is 3. The fourth-order valence-electron chi connectivity index (χ4n) is 2.85. The lowest BCUT2D eigenvalue weighted by Gasteiger charge is -2.20. The van der Waals surface area contributed by atoms with Crippen molar-refractivity contribution in [3.05, 3.63) is 48.3 Å². The summed E-state index contributed by atoms with van der Waals surface area (Å²) in [6.45, 7) is 0. The molecule has 8 heteroatoms. The molecule has 1 aromatic carbocycles. The molecule has 1 amide bonds. The number of hydrogen-bond acceptors (Lipinski definition) is 5. The Morgan fingerprint density at radius 1 is 1.30 bits per heavy atom. The van der Waals surface area contributed by atoms with Gasteiger partial charge in [-0.15, -0.1) is 5.10 Å². The third kappa shape index (κ3) is 2.70. The Morgan fingerprint density at radius 3 is 2.96 bits per heavy atom. The number of H-pyrrole nitrogens is 1. The van der Waals surface area contributed by atoms with Crippen molar-refractivity contribution < 1.29 is 4.79 Å². The lowest BCUT2D eigenvalue weighted by atomic mass is 9.89. The van der Waals surface area contributed by atoms with Crippen molar-refractivity contribution in [1.82, 2.24) is 30.2 Å². The molecule has 0 saturated carbocycles. The van der Waals surface area contributed by atoms with Crippen molar-refractivity contribution in [1.29, 1.82) is 0 Å². The maximum absolute atomic E-state index is 12.4. The Labute approximate surface area is 131 Å². The third-order valence-corrected chi connectivity index (χ3v) is 4.11. The SMILES string of the molecule is O=C(Nc1ccc(-n2cnnn2)cc1)C1CCc2nc[nH]c2C1. The first-order valence-corrected chi connectivity index (χ1v) is 7.45. The molecule has 0 saturated heterocycles. The van der Waals surface area contributed by atoms with Gasteiger partial charge < -0.3 is 10.3 Å². The number of imidazole rings is 1. The van der Waals surface area contributed by atoms with Gasteiger partial charge >= 0.3 is 0 Å². The second-order valence-corrected chi connectivity index (χ2v) is 5.56. The van der Waals surface area contributed by atoms with E-state index in [2.05, 4.69) is 30.8 Å². The molecular weight excluding hydrogens is 294 g/mol. The van der Waals surface area contributed by atoms with Gasteiger partial charge in [-0.3, -0.25) is 4.79 Å². The molecule has 2 aromatic heterocycles. The molecule has 1 unspecified atom stereocenters. The summed E-state index contributed by atoms with van der Waals surface area (Å²) in [5.41, 5.74) is 3.76. The summed E-state index contributed by atoms with van der Waals surface area (Å²) >= 11 is 0. The summed E-state index contributed by atoms with van der Waals surface area (Å²) in [4.78, 5) is 19.8. The first-order valence-electron chi connectivity index (χ1n) is 7.45. The Balaban J connectivity index is 1.43. The van der Waals surface area contributed by atoms with Crippen LogP contribution in [-0.2, 0) is 17.6 Å². The molecule has 23 heavy (non-hydrogen) atoms. The number of anilines is 1. The summed E-state index contributed by atoms with van der Waals surface area (Å²) in [7, 11) is 0. The summed E-state index contributed by atoms with van der Waals surface area (Å²) in [5.74, 6) is 0.0163. The Hall–Kier alpha value is -3.03. The van der Waals surface area contributed by atoms with E-state index >= 15 is 0 Å². The largest absolute Gasteiger partial charge is 0.348 e. The number of aromatic amines is 1. The highest BCUT2D eigenvalue weighted by molar-refractivity contribution is 5.92. The molecule has 1 aliphatic rings. The minimum atomic E-state index is -0.0258. The Bertz CT molecular complexity index is 807.